The molecule has 1 rings (SSSR count). The van der Waals surface area contributed by atoms with Gasteiger partial charge in [0, 0.05) is 31.9 Å². The van der Waals surface area contributed by atoms with Gasteiger partial charge in [-0.2, -0.15) is 0 Å². The van der Waals surface area contributed by atoms with E-state index < -0.39 is 0 Å². The van der Waals surface area contributed by atoms with E-state index in [1.165, 1.54) is 5.56 Å². The summed E-state index contributed by atoms with van der Waals surface area (Å²) in [5.41, 5.74) is 2.08. The SMILES string of the molecule is CCCNCc1ccc(NC(=O)CCCOCC)cc1. The van der Waals surface area contributed by atoms with E-state index in [0.29, 0.717) is 19.6 Å². The van der Waals surface area contributed by atoms with Crippen molar-refractivity contribution in [3.05, 3.63) is 29.8 Å². The van der Waals surface area contributed by atoms with Crippen LogP contribution in [-0.4, -0.2) is 25.7 Å². The van der Waals surface area contributed by atoms with Gasteiger partial charge in [-0.15, -0.1) is 0 Å². The fraction of sp³-hybridized carbons (Fsp3) is 0.562. The summed E-state index contributed by atoms with van der Waals surface area (Å²) in [5.74, 6) is 0.0431. The van der Waals surface area contributed by atoms with E-state index in [1.54, 1.807) is 0 Å². The van der Waals surface area contributed by atoms with Crippen LogP contribution in [0.5, 0.6) is 0 Å². The van der Waals surface area contributed by atoms with E-state index in [0.717, 1.165) is 31.6 Å². The summed E-state index contributed by atoms with van der Waals surface area (Å²) in [6.45, 7) is 7.35. The number of ether oxygens (including phenoxy) is 1. The Bertz CT molecular complexity index is 377. The van der Waals surface area contributed by atoms with Crippen molar-refractivity contribution in [3.63, 3.8) is 0 Å². The summed E-state index contributed by atoms with van der Waals surface area (Å²) in [6, 6.07) is 7.98. The van der Waals surface area contributed by atoms with Gasteiger partial charge in [0.15, 0.2) is 0 Å². The van der Waals surface area contributed by atoms with Crippen LogP contribution in [0.3, 0.4) is 0 Å². The fourth-order valence-electron chi connectivity index (χ4n) is 1.82. The van der Waals surface area contributed by atoms with Gasteiger partial charge in [0.05, 0.1) is 0 Å². The van der Waals surface area contributed by atoms with Gasteiger partial charge >= 0.3 is 0 Å². The minimum absolute atomic E-state index is 0.0431. The quantitative estimate of drug-likeness (QED) is 0.647. The number of anilines is 1. The Labute approximate surface area is 121 Å². The van der Waals surface area contributed by atoms with Crippen molar-refractivity contribution in [1.29, 1.82) is 0 Å². The van der Waals surface area contributed by atoms with Gasteiger partial charge in [0.25, 0.3) is 0 Å². The first-order valence-corrected chi connectivity index (χ1v) is 7.43. The highest BCUT2D eigenvalue weighted by atomic mass is 16.5. The van der Waals surface area contributed by atoms with Crippen LogP contribution in [0.25, 0.3) is 0 Å². The number of carbonyl (C=O) groups excluding carboxylic acids is 1. The van der Waals surface area contributed by atoms with Crippen LogP contribution >= 0.6 is 0 Å². The van der Waals surface area contributed by atoms with Crippen molar-refractivity contribution in [1.82, 2.24) is 5.32 Å². The Hall–Kier alpha value is -1.39. The van der Waals surface area contributed by atoms with Gasteiger partial charge in [-0.05, 0) is 44.0 Å². The van der Waals surface area contributed by atoms with Crippen molar-refractivity contribution >= 4 is 11.6 Å². The highest BCUT2D eigenvalue weighted by Crippen LogP contribution is 2.10. The molecule has 0 atom stereocenters. The molecule has 0 saturated carbocycles. The first-order valence-electron chi connectivity index (χ1n) is 7.43. The van der Waals surface area contributed by atoms with Crippen molar-refractivity contribution in [2.75, 3.05) is 25.1 Å². The predicted octanol–water partition coefficient (Wildman–Crippen LogP) is 2.94. The van der Waals surface area contributed by atoms with Crippen molar-refractivity contribution in [2.45, 2.75) is 39.7 Å². The monoisotopic (exact) mass is 278 g/mol. The largest absolute Gasteiger partial charge is 0.382 e. The zero-order valence-corrected chi connectivity index (χ0v) is 12.6. The second kappa shape index (κ2) is 10.4. The van der Waals surface area contributed by atoms with Gasteiger partial charge in [-0.25, -0.2) is 0 Å². The van der Waals surface area contributed by atoms with Gasteiger partial charge in [0.1, 0.15) is 0 Å². The molecule has 0 fully saturated rings. The minimum Gasteiger partial charge on any atom is -0.382 e. The van der Waals surface area contributed by atoms with Crippen LogP contribution in [0.2, 0.25) is 0 Å². The molecule has 2 N–H and O–H groups in total. The molecule has 0 saturated heterocycles. The van der Waals surface area contributed by atoms with E-state index in [4.69, 9.17) is 4.74 Å². The van der Waals surface area contributed by atoms with Crippen LogP contribution in [0.1, 0.15) is 38.7 Å². The lowest BCUT2D eigenvalue weighted by Crippen LogP contribution is -2.14. The van der Waals surface area contributed by atoms with Crippen LogP contribution in [0, 0.1) is 0 Å². The molecule has 112 valence electrons. The summed E-state index contributed by atoms with van der Waals surface area (Å²) < 4.78 is 5.21. The number of nitrogens with one attached hydrogen (secondary N) is 2. The molecule has 0 unspecified atom stereocenters. The third kappa shape index (κ3) is 7.26. The lowest BCUT2D eigenvalue weighted by Gasteiger charge is -2.07. The van der Waals surface area contributed by atoms with Crippen molar-refractivity contribution in [3.8, 4) is 0 Å². The maximum atomic E-state index is 11.7. The topological polar surface area (TPSA) is 50.4 Å². The molecule has 0 heterocycles. The third-order valence-electron chi connectivity index (χ3n) is 2.89. The maximum absolute atomic E-state index is 11.7. The smallest absolute Gasteiger partial charge is 0.224 e. The van der Waals surface area contributed by atoms with Gasteiger partial charge in [0.2, 0.25) is 5.91 Å². The van der Waals surface area contributed by atoms with Gasteiger partial charge in [-0.3, -0.25) is 4.79 Å². The maximum Gasteiger partial charge on any atom is 0.224 e. The molecule has 0 aromatic heterocycles. The molecule has 20 heavy (non-hydrogen) atoms. The standard InChI is InChI=1S/C16H26N2O2/c1-3-11-17-13-14-7-9-15(10-8-14)18-16(19)6-5-12-20-4-2/h7-10,17H,3-6,11-13H2,1-2H3,(H,18,19). The molecule has 4 nitrogen and oxygen atoms in total. The molecule has 0 radical (unpaired) electrons. The van der Waals surface area contributed by atoms with E-state index >= 15 is 0 Å². The van der Waals surface area contributed by atoms with E-state index in [9.17, 15) is 4.79 Å². The Morgan fingerprint density at radius 3 is 2.60 bits per heavy atom. The number of rotatable bonds is 10. The van der Waals surface area contributed by atoms with Crippen LogP contribution < -0.4 is 10.6 Å². The highest BCUT2D eigenvalue weighted by molar-refractivity contribution is 5.90. The molecule has 0 aliphatic rings. The zero-order valence-electron chi connectivity index (χ0n) is 12.6. The lowest BCUT2D eigenvalue weighted by atomic mass is 10.2. The highest BCUT2D eigenvalue weighted by Gasteiger charge is 2.02. The summed E-state index contributed by atoms with van der Waals surface area (Å²) in [7, 11) is 0. The van der Waals surface area contributed by atoms with Crippen LogP contribution in [0.4, 0.5) is 5.69 Å². The van der Waals surface area contributed by atoms with E-state index in [2.05, 4.69) is 17.6 Å². The van der Waals surface area contributed by atoms with Crippen molar-refractivity contribution in [2.24, 2.45) is 0 Å². The predicted molar refractivity (Wildman–Crippen MR) is 82.8 cm³/mol. The molecule has 0 spiro atoms. The molecule has 1 aromatic carbocycles. The fourth-order valence-corrected chi connectivity index (χ4v) is 1.82. The van der Waals surface area contributed by atoms with E-state index in [-0.39, 0.29) is 5.91 Å². The third-order valence-corrected chi connectivity index (χ3v) is 2.89. The molecule has 0 bridgehead atoms. The Morgan fingerprint density at radius 2 is 1.95 bits per heavy atom. The summed E-state index contributed by atoms with van der Waals surface area (Å²) in [4.78, 5) is 11.7. The molecule has 1 amide bonds. The summed E-state index contributed by atoms with van der Waals surface area (Å²) >= 11 is 0. The number of amides is 1. The number of carbonyl (C=O) groups is 1. The zero-order chi connectivity index (χ0) is 14.6. The minimum atomic E-state index is 0.0431. The summed E-state index contributed by atoms with van der Waals surface area (Å²) in [5, 5.41) is 6.25. The Kier molecular flexibility index (Phi) is 8.67. The molecule has 0 aliphatic heterocycles. The molecule has 1 aromatic rings. The second-order valence-corrected chi connectivity index (χ2v) is 4.72. The number of hydrogen-bond donors (Lipinski definition) is 2. The van der Waals surface area contributed by atoms with E-state index in [1.807, 2.05) is 31.2 Å². The second-order valence-electron chi connectivity index (χ2n) is 4.72. The Balaban J connectivity index is 2.27. The molecule has 4 heteroatoms. The normalized spacial score (nSPS) is 10.5. The average molecular weight is 278 g/mol. The number of benzene rings is 1. The number of hydrogen-bond acceptors (Lipinski definition) is 3. The molecular formula is C16H26N2O2. The first kappa shape index (κ1) is 16.7. The summed E-state index contributed by atoms with van der Waals surface area (Å²) in [6.07, 6.45) is 2.40. The van der Waals surface area contributed by atoms with Gasteiger partial charge < -0.3 is 15.4 Å². The van der Waals surface area contributed by atoms with Crippen LogP contribution in [0.15, 0.2) is 24.3 Å². The van der Waals surface area contributed by atoms with Gasteiger partial charge in [-0.1, -0.05) is 19.1 Å². The average Bonchev–Trinajstić information content (AvgIpc) is 2.46. The molecule has 0 aliphatic carbocycles. The molecular weight excluding hydrogens is 252 g/mol. The van der Waals surface area contributed by atoms with Crippen LogP contribution in [-0.2, 0) is 16.1 Å². The lowest BCUT2D eigenvalue weighted by molar-refractivity contribution is -0.116. The Morgan fingerprint density at radius 1 is 1.20 bits per heavy atom. The first-order chi connectivity index (χ1) is 9.76. The van der Waals surface area contributed by atoms with Crippen molar-refractivity contribution < 1.29 is 9.53 Å².